The Morgan fingerprint density at radius 2 is 2.00 bits per heavy atom. The van der Waals surface area contributed by atoms with Gasteiger partial charge in [-0.3, -0.25) is 0 Å². The lowest BCUT2D eigenvalue weighted by molar-refractivity contribution is 0.434. The van der Waals surface area contributed by atoms with Crippen LogP contribution in [0.2, 0.25) is 0 Å². The number of rotatable bonds is 5. The number of benzene rings is 1. The summed E-state index contributed by atoms with van der Waals surface area (Å²) in [6.07, 6.45) is 1.21. The molecule has 1 atom stereocenters. The highest BCUT2D eigenvalue weighted by Gasteiger charge is 2.18. The van der Waals surface area contributed by atoms with Crippen molar-refractivity contribution in [2.24, 2.45) is 0 Å². The summed E-state index contributed by atoms with van der Waals surface area (Å²) in [6, 6.07) is 10.6. The first kappa shape index (κ1) is 14.8. The third kappa shape index (κ3) is 3.29. The molecule has 0 aliphatic carbocycles. The molecule has 0 amide bonds. The van der Waals surface area contributed by atoms with Crippen LogP contribution in [0.15, 0.2) is 45.7 Å². The lowest BCUT2D eigenvalue weighted by Gasteiger charge is -2.16. The maximum atomic E-state index is 11.7. The van der Waals surface area contributed by atoms with E-state index < -0.39 is 9.84 Å². The zero-order valence-corrected chi connectivity index (χ0v) is 12.7. The standard InChI is InChI=1S/C15H19NO3S/c1-4-16-15(14-9-8-11(2)19-14)12-6-5-7-13(10-12)20(3,17)18/h5-10,15-16H,4H2,1-3H3. The van der Waals surface area contributed by atoms with E-state index in [0.717, 1.165) is 23.6 Å². The maximum Gasteiger partial charge on any atom is 0.175 e. The quantitative estimate of drug-likeness (QED) is 0.921. The van der Waals surface area contributed by atoms with Crippen molar-refractivity contribution in [3.8, 4) is 0 Å². The molecule has 1 aromatic heterocycles. The largest absolute Gasteiger partial charge is 0.464 e. The molecule has 1 unspecified atom stereocenters. The summed E-state index contributed by atoms with van der Waals surface area (Å²) >= 11 is 0. The first-order valence-corrected chi connectivity index (χ1v) is 8.40. The van der Waals surface area contributed by atoms with Crippen LogP contribution in [0.3, 0.4) is 0 Å². The molecule has 0 bridgehead atoms. The van der Waals surface area contributed by atoms with Gasteiger partial charge in [0.2, 0.25) is 0 Å². The summed E-state index contributed by atoms with van der Waals surface area (Å²) < 4.78 is 29.0. The van der Waals surface area contributed by atoms with Crippen molar-refractivity contribution in [2.75, 3.05) is 12.8 Å². The monoisotopic (exact) mass is 293 g/mol. The fourth-order valence-electron chi connectivity index (χ4n) is 2.12. The van der Waals surface area contributed by atoms with Crippen LogP contribution in [0.4, 0.5) is 0 Å². The van der Waals surface area contributed by atoms with E-state index >= 15 is 0 Å². The molecule has 0 saturated heterocycles. The van der Waals surface area contributed by atoms with E-state index in [1.165, 1.54) is 6.26 Å². The number of sulfone groups is 1. The molecule has 0 radical (unpaired) electrons. The molecule has 0 aliphatic heterocycles. The topological polar surface area (TPSA) is 59.3 Å². The summed E-state index contributed by atoms with van der Waals surface area (Å²) in [7, 11) is -3.21. The number of hydrogen-bond donors (Lipinski definition) is 1. The maximum absolute atomic E-state index is 11.7. The van der Waals surface area contributed by atoms with Crippen LogP contribution >= 0.6 is 0 Å². The molecule has 5 heteroatoms. The van der Waals surface area contributed by atoms with Gasteiger partial charge in [-0.25, -0.2) is 8.42 Å². The van der Waals surface area contributed by atoms with E-state index in [2.05, 4.69) is 5.32 Å². The van der Waals surface area contributed by atoms with Crippen molar-refractivity contribution in [1.29, 1.82) is 0 Å². The molecule has 0 aliphatic rings. The molecular formula is C15H19NO3S. The van der Waals surface area contributed by atoms with Crippen LogP contribution in [0.1, 0.15) is 30.0 Å². The van der Waals surface area contributed by atoms with Crippen LogP contribution in [0, 0.1) is 6.92 Å². The minimum absolute atomic E-state index is 0.143. The van der Waals surface area contributed by atoms with Crippen molar-refractivity contribution >= 4 is 9.84 Å². The summed E-state index contributed by atoms with van der Waals surface area (Å²) in [5, 5.41) is 3.32. The van der Waals surface area contributed by atoms with Crippen LogP contribution < -0.4 is 5.32 Å². The molecule has 20 heavy (non-hydrogen) atoms. The van der Waals surface area contributed by atoms with E-state index in [-0.39, 0.29) is 6.04 Å². The Morgan fingerprint density at radius 3 is 2.55 bits per heavy atom. The summed E-state index contributed by atoms with van der Waals surface area (Å²) in [6.45, 7) is 4.65. The second-order valence-electron chi connectivity index (χ2n) is 4.78. The van der Waals surface area contributed by atoms with Crippen molar-refractivity contribution < 1.29 is 12.8 Å². The van der Waals surface area contributed by atoms with E-state index in [1.807, 2.05) is 32.0 Å². The molecule has 1 aromatic carbocycles. The van der Waals surface area contributed by atoms with Crippen LogP contribution in [0.5, 0.6) is 0 Å². The fraction of sp³-hybridized carbons (Fsp3) is 0.333. The van der Waals surface area contributed by atoms with Gasteiger partial charge in [0, 0.05) is 6.26 Å². The van der Waals surface area contributed by atoms with Gasteiger partial charge in [-0.2, -0.15) is 0 Å². The molecule has 2 aromatic rings. The van der Waals surface area contributed by atoms with Gasteiger partial charge in [0.1, 0.15) is 11.5 Å². The smallest absolute Gasteiger partial charge is 0.175 e. The van der Waals surface area contributed by atoms with Crippen molar-refractivity contribution in [3.05, 3.63) is 53.5 Å². The molecule has 0 saturated carbocycles. The number of aryl methyl sites for hydroxylation is 1. The SMILES string of the molecule is CCNC(c1cccc(S(C)(=O)=O)c1)c1ccc(C)o1. The molecule has 4 nitrogen and oxygen atoms in total. The second-order valence-corrected chi connectivity index (χ2v) is 6.80. The molecule has 2 rings (SSSR count). The molecule has 0 fully saturated rings. The number of furan rings is 1. The van der Waals surface area contributed by atoms with Crippen LogP contribution in [-0.4, -0.2) is 21.2 Å². The van der Waals surface area contributed by atoms with Gasteiger partial charge >= 0.3 is 0 Å². The van der Waals surface area contributed by atoms with Crippen molar-refractivity contribution in [2.45, 2.75) is 24.8 Å². The number of nitrogens with one attached hydrogen (secondary N) is 1. The van der Waals surface area contributed by atoms with E-state index in [4.69, 9.17) is 4.42 Å². The Kier molecular flexibility index (Phi) is 4.30. The third-order valence-corrected chi connectivity index (χ3v) is 4.18. The predicted octanol–water partition coefficient (Wildman–Crippen LogP) is 2.69. The lowest BCUT2D eigenvalue weighted by atomic mass is 10.0. The van der Waals surface area contributed by atoms with Crippen LogP contribution in [0.25, 0.3) is 0 Å². The van der Waals surface area contributed by atoms with Crippen molar-refractivity contribution in [1.82, 2.24) is 5.32 Å². The first-order valence-electron chi connectivity index (χ1n) is 6.51. The Labute approximate surface area is 119 Å². The van der Waals surface area contributed by atoms with Gasteiger partial charge in [-0.05, 0) is 43.3 Å². The Bertz CT molecular complexity index is 689. The fourth-order valence-corrected chi connectivity index (χ4v) is 2.80. The summed E-state index contributed by atoms with van der Waals surface area (Å²) in [5.74, 6) is 1.62. The van der Waals surface area contributed by atoms with Gasteiger partial charge < -0.3 is 9.73 Å². The highest BCUT2D eigenvalue weighted by Crippen LogP contribution is 2.25. The second kappa shape index (κ2) is 5.81. The van der Waals surface area contributed by atoms with Gasteiger partial charge in [0.25, 0.3) is 0 Å². The minimum atomic E-state index is -3.21. The highest BCUT2D eigenvalue weighted by molar-refractivity contribution is 7.90. The summed E-state index contributed by atoms with van der Waals surface area (Å²) in [4.78, 5) is 0.321. The molecule has 0 spiro atoms. The lowest BCUT2D eigenvalue weighted by Crippen LogP contribution is -2.21. The molecule has 1 N–H and O–H groups in total. The van der Waals surface area contributed by atoms with E-state index in [9.17, 15) is 8.42 Å². The predicted molar refractivity (Wildman–Crippen MR) is 78.5 cm³/mol. The average Bonchev–Trinajstić information content (AvgIpc) is 2.81. The summed E-state index contributed by atoms with van der Waals surface area (Å²) in [5.41, 5.74) is 0.879. The zero-order valence-electron chi connectivity index (χ0n) is 11.9. The van der Waals surface area contributed by atoms with Gasteiger partial charge in [-0.15, -0.1) is 0 Å². The van der Waals surface area contributed by atoms with Crippen LogP contribution in [-0.2, 0) is 9.84 Å². The van der Waals surface area contributed by atoms with E-state index in [0.29, 0.717) is 4.90 Å². The molecular weight excluding hydrogens is 274 g/mol. The molecule has 1 heterocycles. The first-order chi connectivity index (χ1) is 9.41. The number of hydrogen-bond acceptors (Lipinski definition) is 4. The Hall–Kier alpha value is -1.59. The van der Waals surface area contributed by atoms with Gasteiger partial charge in [-0.1, -0.05) is 19.1 Å². The van der Waals surface area contributed by atoms with Gasteiger partial charge in [0.15, 0.2) is 9.84 Å². The Balaban J connectivity index is 2.45. The third-order valence-electron chi connectivity index (χ3n) is 3.07. The minimum Gasteiger partial charge on any atom is -0.464 e. The Morgan fingerprint density at radius 1 is 1.25 bits per heavy atom. The highest BCUT2D eigenvalue weighted by atomic mass is 32.2. The van der Waals surface area contributed by atoms with Gasteiger partial charge in [0.05, 0.1) is 10.9 Å². The zero-order chi connectivity index (χ0) is 14.8. The molecule has 108 valence electrons. The normalized spacial score (nSPS) is 13.3. The van der Waals surface area contributed by atoms with Crippen molar-refractivity contribution in [3.63, 3.8) is 0 Å². The average molecular weight is 293 g/mol. The van der Waals surface area contributed by atoms with E-state index in [1.54, 1.807) is 18.2 Å².